The summed E-state index contributed by atoms with van der Waals surface area (Å²) >= 11 is 7.74. The number of halogens is 1. The first-order valence-electron chi connectivity index (χ1n) is 10.5. The number of anilines is 1. The average molecular weight is 510 g/mol. The summed E-state index contributed by atoms with van der Waals surface area (Å²) in [7, 11) is 0. The Kier molecular flexibility index (Phi) is 7.96. The molecule has 2 N–H and O–H groups in total. The molecule has 0 aliphatic carbocycles. The zero-order chi connectivity index (χ0) is 24.6. The van der Waals surface area contributed by atoms with E-state index in [1.807, 2.05) is 48.5 Å². The summed E-state index contributed by atoms with van der Waals surface area (Å²) in [6, 6.07) is 19.8. The minimum atomic E-state index is -0.499. The second-order valence-corrected chi connectivity index (χ2v) is 8.53. The van der Waals surface area contributed by atoms with Crippen LogP contribution in [0.2, 0.25) is 5.02 Å². The van der Waals surface area contributed by atoms with Gasteiger partial charge in [0.15, 0.2) is 12.4 Å². The van der Waals surface area contributed by atoms with Crippen molar-refractivity contribution in [1.82, 2.24) is 20.6 Å². The van der Waals surface area contributed by atoms with Crippen LogP contribution in [-0.4, -0.2) is 45.7 Å². The maximum absolute atomic E-state index is 13.0. The van der Waals surface area contributed by atoms with Crippen molar-refractivity contribution in [2.45, 2.75) is 16.7 Å². The van der Waals surface area contributed by atoms with Crippen molar-refractivity contribution < 1.29 is 19.1 Å². The van der Waals surface area contributed by atoms with Crippen molar-refractivity contribution in [2.24, 2.45) is 0 Å². The highest BCUT2D eigenvalue weighted by molar-refractivity contribution is 7.99. The SMILES string of the molecule is CCOC(=O)COc1ccc(C(=O)Nc2ccccc2Sc2ccccc2-c2nnn[nH]2)cc1Cl. The molecule has 178 valence electrons. The normalized spacial score (nSPS) is 10.6. The molecule has 0 aliphatic rings. The van der Waals surface area contributed by atoms with Crippen molar-refractivity contribution in [2.75, 3.05) is 18.5 Å². The Hall–Kier alpha value is -3.89. The van der Waals surface area contributed by atoms with Crippen molar-refractivity contribution in [3.63, 3.8) is 0 Å². The van der Waals surface area contributed by atoms with Gasteiger partial charge in [0.25, 0.3) is 5.91 Å². The Labute approximate surface area is 210 Å². The molecule has 11 heteroatoms. The molecule has 1 amide bonds. The number of carbonyl (C=O) groups is 2. The number of hydrogen-bond acceptors (Lipinski definition) is 8. The molecule has 0 fully saturated rings. The Balaban J connectivity index is 1.49. The van der Waals surface area contributed by atoms with E-state index in [4.69, 9.17) is 21.1 Å². The lowest BCUT2D eigenvalue weighted by Crippen LogP contribution is -2.15. The second kappa shape index (κ2) is 11.5. The van der Waals surface area contributed by atoms with Gasteiger partial charge in [-0.25, -0.2) is 9.89 Å². The summed E-state index contributed by atoms with van der Waals surface area (Å²) < 4.78 is 10.2. The summed E-state index contributed by atoms with van der Waals surface area (Å²) in [5.74, 6) is -0.00878. The number of tetrazole rings is 1. The number of H-pyrrole nitrogens is 1. The van der Waals surface area contributed by atoms with E-state index >= 15 is 0 Å². The third-order valence-corrected chi connectivity index (χ3v) is 6.13. The molecule has 0 unspecified atom stereocenters. The van der Waals surface area contributed by atoms with Gasteiger partial charge in [0.2, 0.25) is 0 Å². The molecule has 3 aromatic carbocycles. The van der Waals surface area contributed by atoms with E-state index in [1.165, 1.54) is 17.8 Å². The standard InChI is InChI=1S/C24H20ClN5O4S/c1-2-33-22(31)14-34-19-12-11-15(13-17(19)25)24(32)26-18-8-4-6-10-21(18)35-20-9-5-3-7-16(20)23-27-29-30-28-23/h3-13H,2,14H2,1H3,(H,26,32)(H,27,28,29,30). The van der Waals surface area contributed by atoms with Crippen LogP contribution in [0.25, 0.3) is 11.4 Å². The zero-order valence-electron chi connectivity index (χ0n) is 18.5. The van der Waals surface area contributed by atoms with E-state index in [2.05, 4.69) is 25.9 Å². The van der Waals surface area contributed by atoms with Crippen LogP contribution in [0.1, 0.15) is 17.3 Å². The quantitative estimate of drug-likeness (QED) is 0.307. The number of nitrogens with one attached hydrogen (secondary N) is 2. The van der Waals surface area contributed by atoms with E-state index in [1.54, 1.807) is 19.1 Å². The molecular formula is C24H20ClN5O4S. The molecule has 0 saturated heterocycles. The van der Waals surface area contributed by atoms with Crippen LogP contribution < -0.4 is 10.1 Å². The number of amides is 1. The molecule has 4 rings (SSSR count). The first kappa shape index (κ1) is 24.2. The summed E-state index contributed by atoms with van der Waals surface area (Å²) in [6.07, 6.45) is 0. The van der Waals surface area contributed by atoms with Gasteiger partial charge in [0, 0.05) is 20.9 Å². The van der Waals surface area contributed by atoms with Gasteiger partial charge >= 0.3 is 5.97 Å². The number of benzene rings is 3. The highest BCUT2D eigenvalue weighted by atomic mass is 35.5. The molecule has 0 atom stereocenters. The predicted octanol–water partition coefficient (Wildman–Crippen LogP) is 4.87. The Morgan fingerprint density at radius 2 is 1.83 bits per heavy atom. The van der Waals surface area contributed by atoms with Crippen molar-refractivity contribution in [1.29, 1.82) is 0 Å². The van der Waals surface area contributed by atoms with Crippen LogP contribution in [-0.2, 0) is 9.53 Å². The number of carbonyl (C=O) groups excluding carboxylic acids is 2. The van der Waals surface area contributed by atoms with Gasteiger partial charge in [-0.2, -0.15) is 0 Å². The van der Waals surface area contributed by atoms with Crippen LogP contribution in [0.15, 0.2) is 76.5 Å². The number of para-hydroxylation sites is 1. The van der Waals surface area contributed by atoms with Crippen molar-refractivity contribution >= 4 is 40.9 Å². The summed E-state index contributed by atoms with van der Waals surface area (Å²) in [6.45, 7) is 1.70. The number of aromatic nitrogens is 4. The predicted molar refractivity (Wildman–Crippen MR) is 132 cm³/mol. The molecule has 0 aliphatic heterocycles. The molecule has 0 radical (unpaired) electrons. The minimum Gasteiger partial charge on any atom is -0.480 e. The Morgan fingerprint density at radius 3 is 2.57 bits per heavy atom. The minimum absolute atomic E-state index is 0.208. The first-order valence-corrected chi connectivity index (χ1v) is 11.7. The largest absolute Gasteiger partial charge is 0.480 e. The van der Waals surface area contributed by atoms with Crippen LogP contribution in [0, 0.1) is 0 Å². The van der Waals surface area contributed by atoms with Crippen molar-refractivity contribution in [3.8, 4) is 17.1 Å². The lowest BCUT2D eigenvalue weighted by Gasteiger charge is -2.13. The smallest absolute Gasteiger partial charge is 0.344 e. The number of hydrogen-bond donors (Lipinski definition) is 2. The molecule has 0 spiro atoms. The summed E-state index contributed by atoms with van der Waals surface area (Å²) in [5, 5.41) is 17.2. The average Bonchev–Trinajstić information content (AvgIpc) is 3.40. The van der Waals surface area contributed by atoms with Crippen LogP contribution >= 0.6 is 23.4 Å². The van der Waals surface area contributed by atoms with Crippen LogP contribution in [0.3, 0.4) is 0 Å². The zero-order valence-corrected chi connectivity index (χ0v) is 20.1. The van der Waals surface area contributed by atoms with Gasteiger partial charge in [0.05, 0.1) is 17.3 Å². The van der Waals surface area contributed by atoms with Gasteiger partial charge in [-0.1, -0.05) is 47.6 Å². The van der Waals surface area contributed by atoms with E-state index in [-0.39, 0.29) is 29.9 Å². The van der Waals surface area contributed by atoms with Gasteiger partial charge < -0.3 is 14.8 Å². The molecule has 4 aromatic rings. The molecule has 35 heavy (non-hydrogen) atoms. The fourth-order valence-corrected chi connectivity index (χ4v) is 4.36. The first-order chi connectivity index (χ1) is 17.0. The third-order valence-electron chi connectivity index (χ3n) is 4.69. The maximum Gasteiger partial charge on any atom is 0.344 e. The van der Waals surface area contributed by atoms with Crippen LogP contribution in [0.4, 0.5) is 5.69 Å². The van der Waals surface area contributed by atoms with Crippen molar-refractivity contribution in [3.05, 3.63) is 77.3 Å². The number of rotatable bonds is 9. The van der Waals surface area contributed by atoms with Gasteiger partial charge in [-0.3, -0.25) is 4.79 Å². The maximum atomic E-state index is 13.0. The Morgan fingerprint density at radius 1 is 1.06 bits per heavy atom. The second-order valence-electron chi connectivity index (χ2n) is 7.04. The molecular weight excluding hydrogens is 490 g/mol. The lowest BCUT2D eigenvalue weighted by atomic mass is 10.2. The third kappa shape index (κ3) is 6.17. The molecule has 1 heterocycles. The fourth-order valence-electron chi connectivity index (χ4n) is 3.09. The van der Waals surface area contributed by atoms with E-state index in [0.29, 0.717) is 17.1 Å². The van der Waals surface area contributed by atoms with E-state index < -0.39 is 5.97 Å². The highest BCUT2D eigenvalue weighted by Gasteiger charge is 2.15. The fraction of sp³-hybridized carbons (Fsp3) is 0.125. The topological polar surface area (TPSA) is 119 Å². The number of esters is 1. The number of nitrogens with zero attached hydrogens (tertiary/aromatic N) is 3. The van der Waals surface area contributed by atoms with Crippen LogP contribution in [0.5, 0.6) is 5.75 Å². The Bertz CT molecular complexity index is 1330. The van der Waals surface area contributed by atoms with Gasteiger partial charge in [-0.15, -0.1) is 5.10 Å². The van der Waals surface area contributed by atoms with E-state index in [9.17, 15) is 9.59 Å². The summed E-state index contributed by atoms with van der Waals surface area (Å²) in [4.78, 5) is 26.2. The lowest BCUT2D eigenvalue weighted by molar-refractivity contribution is -0.145. The molecule has 9 nitrogen and oxygen atoms in total. The van der Waals surface area contributed by atoms with Gasteiger partial charge in [-0.05, 0) is 59.8 Å². The highest BCUT2D eigenvalue weighted by Crippen LogP contribution is 2.38. The molecule has 1 aromatic heterocycles. The van der Waals surface area contributed by atoms with Gasteiger partial charge in [0.1, 0.15) is 5.75 Å². The van der Waals surface area contributed by atoms with E-state index in [0.717, 1.165) is 15.4 Å². The summed E-state index contributed by atoms with van der Waals surface area (Å²) in [5.41, 5.74) is 1.81. The monoisotopic (exact) mass is 509 g/mol. The number of aromatic amines is 1. The molecule has 0 bridgehead atoms. The number of ether oxygens (including phenoxy) is 2. The molecule has 0 saturated carbocycles.